The van der Waals surface area contributed by atoms with Crippen molar-refractivity contribution >= 4 is 5.96 Å². The highest BCUT2D eigenvalue weighted by atomic mass is 19.1. The number of unbranched alkanes of at least 4 members (excludes halogenated alkanes) is 1. The maximum absolute atomic E-state index is 12.9. The molecule has 28 heavy (non-hydrogen) atoms. The van der Waals surface area contributed by atoms with E-state index in [0.717, 1.165) is 44.0 Å². The van der Waals surface area contributed by atoms with Crippen molar-refractivity contribution in [1.82, 2.24) is 20.0 Å². The molecule has 8 heteroatoms. The molecule has 1 aromatic carbocycles. The Morgan fingerprint density at radius 2 is 2.18 bits per heavy atom. The van der Waals surface area contributed by atoms with Gasteiger partial charge in [-0.05, 0) is 37.1 Å². The van der Waals surface area contributed by atoms with E-state index in [-0.39, 0.29) is 11.9 Å². The van der Waals surface area contributed by atoms with Gasteiger partial charge in [-0.2, -0.15) is 5.10 Å². The summed E-state index contributed by atoms with van der Waals surface area (Å²) in [7, 11) is 3.71. The Morgan fingerprint density at radius 1 is 1.36 bits per heavy atom. The molecular formula is C20H28FN5O2. The van der Waals surface area contributed by atoms with Gasteiger partial charge in [0.05, 0.1) is 26.0 Å². The molecule has 0 saturated carbocycles. The number of halogens is 1. The summed E-state index contributed by atoms with van der Waals surface area (Å²) >= 11 is 0. The molecule has 0 radical (unpaired) electrons. The largest absolute Gasteiger partial charge is 0.494 e. The van der Waals surface area contributed by atoms with Crippen LogP contribution in [0.25, 0.3) is 0 Å². The number of ether oxygens (including phenoxy) is 2. The second-order valence-corrected chi connectivity index (χ2v) is 6.74. The molecule has 1 aliphatic heterocycles. The lowest BCUT2D eigenvalue weighted by Gasteiger charge is -2.34. The van der Waals surface area contributed by atoms with Crippen molar-refractivity contribution in [2.45, 2.75) is 18.9 Å². The highest BCUT2D eigenvalue weighted by molar-refractivity contribution is 5.80. The second kappa shape index (κ2) is 10.1. The average Bonchev–Trinajstić information content (AvgIpc) is 3.15. The molecule has 1 atom stereocenters. The van der Waals surface area contributed by atoms with Gasteiger partial charge >= 0.3 is 0 Å². The standard InChI is InChI=1S/C20H28FN5O2/c1-22-20(23-9-3-4-11-27-18-7-5-17(21)6-8-18)26-10-12-28-19(15-26)16-13-24-25(2)14-16/h5-8,13-14,19H,3-4,9-12,15H2,1-2H3,(H,22,23). The van der Waals surface area contributed by atoms with Gasteiger partial charge in [0.1, 0.15) is 17.7 Å². The SMILES string of the molecule is CN=C(NCCCCOc1ccc(F)cc1)N1CCOC(c2cnn(C)c2)C1. The average molecular weight is 389 g/mol. The summed E-state index contributed by atoms with van der Waals surface area (Å²) in [6.07, 6.45) is 5.71. The summed E-state index contributed by atoms with van der Waals surface area (Å²) in [6.45, 7) is 3.63. The van der Waals surface area contributed by atoms with E-state index < -0.39 is 0 Å². The third-order valence-electron chi connectivity index (χ3n) is 4.61. The van der Waals surface area contributed by atoms with Gasteiger partial charge in [0.15, 0.2) is 5.96 Å². The molecule has 0 aliphatic carbocycles. The van der Waals surface area contributed by atoms with E-state index in [1.165, 1.54) is 12.1 Å². The highest BCUT2D eigenvalue weighted by Crippen LogP contribution is 2.21. The minimum absolute atomic E-state index is 0.00473. The summed E-state index contributed by atoms with van der Waals surface area (Å²) in [5.74, 6) is 1.33. The first kappa shape index (κ1) is 20.1. The number of nitrogens with zero attached hydrogens (tertiary/aromatic N) is 4. The van der Waals surface area contributed by atoms with Crippen LogP contribution in [0.2, 0.25) is 0 Å². The van der Waals surface area contributed by atoms with Gasteiger partial charge in [-0.15, -0.1) is 0 Å². The van der Waals surface area contributed by atoms with Crippen molar-refractivity contribution in [3.8, 4) is 5.75 Å². The van der Waals surface area contributed by atoms with Crippen LogP contribution in [0.4, 0.5) is 4.39 Å². The topological polar surface area (TPSA) is 63.9 Å². The summed E-state index contributed by atoms with van der Waals surface area (Å²) in [4.78, 5) is 6.63. The number of hydrogen-bond donors (Lipinski definition) is 1. The molecule has 1 aliphatic rings. The second-order valence-electron chi connectivity index (χ2n) is 6.74. The number of aryl methyl sites for hydroxylation is 1. The van der Waals surface area contributed by atoms with E-state index in [2.05, 4.69) is 20.3 Å². The van der Waals surface area contributed by atoms with Crippen LogP contribution < -0.4 is 10.1 Å². The zero-order valence-electron chi connectivity index (χ0n) is 16.5. The molecule has 3 rings (SSSR count). The summed E-state index contributed by atoms with van der Waals surface area (Å²) in [5.41, 5.74) is 1.08. The van der Waals surface area contributed by atoms with Crippen molar-refractivity contribution < 1.29 is 13.9 Å². The first-order valence-electron chi connectivity index (χ1n) is 9.60. The van der Waals surface area contributed by atoms with Gasteiger partial charge < -0.3 is 19.7 Å². The Labute approximate surface area is 165 Å². The fourth-order valence-corrected chi connectivity index (χ4v) is 3.13. The maximum Gasteiger partial charge on any atom is 0.193 e. The van der Waals surface area contributed by atoms with Crippen molar-refractivity contribution in [1.29, 1.82) is 0 Å². The normalized spacial score (nSPS) is 17.6. The molecular weight excluding hydrogens is 361 g/mol. The molecule has 2 heterocycles. The molecule has 1 unspecified atom stereocenters. The van der Waals surface area contributed by atoms with E-state index >= 15 is 0 Å². The Bertz CT molecular complexity index is 762. The van der Waals surface area contributed by atoms with Crippen LogP contribution in [0.15, 0.2) is 41.7 Å². The Balaban J connectivity index is 1.37. The molecule has 7 nitrogen and oxygen atoms in total. The number of nitrogens with one attached hydrogen (secondary N) is 1. The van der Waals surface area contributed by atoms with E-state index in [4.69, 9.17) is 9.47 Å². The molecule has 152 valence electrons. The van der Waals surface area contributed by atoms with Gasteiger partial charge in [-0.3, -0.25) is 9.67 Å². The highest BCUT2D eigenvalue weighted by Gasteiger charge is 2.24. The number of benzene rings is 1. The monoisotopic (exact) mass is 389 g/mol. The quantitative estimate of drug-likeness (QED) is 0.447. The van der Waals surface area contributed by atoms with E-state index in [1.54, 1.807) is 23.9 Å². The Morgan fingerprint density at radius 3 is 2.89 bits per heavy atom. The number of guanidine groups is 1. The van der Waals surface area contributed by atoms with Crippen molar-refractivity contribution in [3.63, 3.8) is 0 Å². The van der Waals surface area contributed by atoms with E-state index in [0.29, 0.717) is 19.0 Å². The van der Waals surface area contributed by atoms with Crippen molar-refractivity contribution in [2.24, 2.45) is 12.0 Å². The van der Waals surface area contributed by atoms with Gasteiger partial charge in [0.25, 0.3) is 0 Å². The molecule has 0 spiro atoms. The third-order valence-corrected chi connectivity index (χ3v) is 4.61. The van der Waals surface area contributed by atoms with Gasteiger partial charge in [-0.25, -0.2) is 4.39 Å². The minimum atomic E-state index is -0.253. The fraction of sp³-hybridized carbons (Fsp3) is 0.500. The van der Waals surface area contributed by atoms with Crippen molar-refractivity contribution in [3.05, 3.63) is 48.0 Å². The van der Waals surface area contributed by atoms with Gasteiger partial charge in [0.2, 0.25) is 0 Å². The Hall–Kier alpha value is -2.61. The molecule has 1 N–H and O–H groups in total. The van der Waals surface area contributed by atoms with Crippen LogP contribution >= 0.6 is 0 Å². The predicted molar refractivity (Wildman–Crippen MR) is 106 cm³/mol. The van der Waals surface area contributed by atoms with Crippen LogP contribution in [-0.4, -0.2) is 60.5 Å². The number of rotatable bonds is 7. The smallest absolute Gasteiger partial charge is 0.193 e. The van der Waals surface area contributed by atoms with Gasteiger partial charge in [0, 0.05) is 38.9 Å². The third kappa shape index (κ3) is 5.69. The van der Waals surface area contributed by atoms with E-state index in [9.17, 15) is 4.39 Å². The lowest BCUT2D eigenvalue weighted by Crippen LogP contribution is -2.48. The van der Waals surface area contributed by atoms with Crippen LogP contribution in [0.3, 0.4) is 0 Å². The number of morpholine rings is 1. The Kier molecular flexibility index (Phi) is 7.25. The molecule has 2 aromatic rings. The van der Waals surface area contributed by atoms with Gasteiger partial charge in [-0.1, -0.05) is 0 Å². The first-order valence-corrected chi connectivity index (χ1v) is 9.60. The number of aliphatic imine (C=N–C) groups is 1. The zero-order valence-corrected chi connectivity index (χ0v) is 16.5. The minimum Gasteiger partial charge on any atom is -0.494 e. The summed E-state index contributed by atoms with van der Waals surface area (Å²) < 4.78 is 26.2. The molecule has 0 amide bonds. The summed E-state index contributed by atoms with van der Waals surface area (Å²) in [5, 5.41) is 7.64. The predicted octanol–water partition coefficient (Wildman–Crippen LogP) is 2.37. The molecule has 1 saturated heterocycles. The first-order chi connectivity index (χ1) is 13.7. The molecule has 0 bridgehead atoms. The lowest BCUT2D eigenvalue weighted by molar-refractivity contribution is -0.00802. The number of aromatic nitrogens is 2. The number of hydrogen-bond acceptors (Lipinski definition) is 4. The van der Waals surface area contributed by atoms with Crippen LogP contribution in [0.5, 0.6) is 5.75 Å². The van der Waals surface area contributed by atoms with Crippen LogP contribution in [0.1, 0.15) is 24.5 Å². The fourth-order valence-electron chi connectivity index (χ4n) is 3.13. The van der Waals surface area contributed by atoms with Crippen molar-refractivity contribution in [2.75, 3.05) is 39.9 Å². The maximum atomic E-state index is 12.9. The van der Waals surface area contributed by atoms with Crippen LogP contribution in [0, 0.1) is 5.82 Å². The molecule has 1 aromatic heterocycles. The zero-order chi connectivity index (χ0) is 19.8. The lowest BCUT2D eigenvalue weighted by atomic mass is 10.1. The van der Waals surface area contributed by atoms with E-state index in [1.807, 2.05) is 19.4 Å². The molecule has 1 fully saturated rings. The van der Waals surface area contributed by atoms with Crippen LogP contribution in [-0.2, 0) is 11.8 Å². The summed E-state index contributed by atoms with van der Waals surface area (Å²) in [6, 6.07) is 6.10.